The van der Waals surface area contributed by atoms with Crippen LogP contribution in [0.3, 0.4) is 0 Å². The molecule has 0 atom stereocenters. The van der Waals surface area contributed by atoms with E-state index in [1.165, 1.54) is 18.4 Å². The fourth-order valence-electron chi connectivity index (χ4n) is 3.71. The molecule has 0 aliphatic rings. The summed E-state index contributed by atoms with van der Waals surface area (Å²) in [5.41, 5.74) is 6.53. The highest BCUT2D eigenvalue weighted by molar-refractivity contribution is 7.80. The second-order valence-corrected chi connectivity index (χ2v) is 8.93. The van der Waals surface area contributed by atoms with Crippen LogP contribution >= 0.6 is 12.2 Å². The molecule has 0 fully saturated rings. The van der Waals surface area contributed by atoms with Gasteiger partial charge in [0.25, 0.3) is 5.91 Å². The van der Waals surface area contributed by atoms with E-state index in [1.54, 1.807) is 4.80 Å². The van der Waals surface area contributed by atoms with Crippen LogP contribution in [0.5, 0.6) is 5.75 Å². The van der Waals surface area contributed by atoms with E-state index in [0.717, 1.165) is 34.3 Å². The quantitative estimate of drug-likeness (QED) is 0.330. The summed E-state index contributed by atoms with van der Waals surface area (Å²) in [6.07, 6.45) is 3.44. The van der Waals surface area contributed by atoms with E-state index in [2.05, 4.69) is 39.9 Å². The van der Waals surface area contributed by atoms with Gasteiger partial charge < -0.3 is 10.1 Å². The first kappa shape index (κ1) is 24.3. The van der Waals surface area contributed by atoms with Crippen LogP contribution in [0.2, 0.25) is 0 Å². The SMILES string of the molecule is CCCCc1ccc(-n2nc3ccc(NC(=S)NC(=O)COc4ccc(C)cc4C)cc3n2)cc1. The minimum Gasteiger partial charge on any atom is -0.483 e. The Bertz CT molecular complexity index is 1350. The largest absolute Gasteiger partial charge is 0.483 e. The number of benzene rings is 3. The molecule has 0 saturated carbocycles. The summed E-state index contributed by atoms with van der Waals surface area (Å²) < 4.78 is 5.61. The van der Waals surface area contributed by atoms with E-state index >= 15 is 0 Å². The Morgan fingerprint density at radius 1 is 1.00 bits per heavy atom. The third-order valence-electron chi connectivity index (χ3n) is 5.57. The first-order chi connectivity index (χ1) is 16.9. The van der Waals surface area contributed by atoms with E-state index in [4.69, 9.17) is 17.0 Å². The maximum Gasteiger partial charge on any atom is 0.264 e. The van der Waals surface area contributed by atoms with Crippen molar-refractivity contribution in [1.82, 2.24) is 20.3 Å². The van der Waals surface area contributed by atoms with E-state index in [1.807, 2.05) is 62.4 Å². The number of hydrogen-bond donors (Lipinski definition) is 2. The van der Waals surface area contributed by atoms with Crippen LogP contribution < -0.4 is 15.4 Å². The number of thiocarbonyl (C=S) groups is 1. The van der Waals surface area contributed by atoms with Crippen molar-refractivity contribution in [2.24, 2.45) is 0 Å². The van der Waals surface area contributed by atoms with Gasteiger partial charge in [-0.25, -0.2) is 0 Å². The van der Waals surface area contributed by atoms with E-state index in [-0.39, 0.29) is 17.6 Å². The van der Waals surface area contributed by atoms with Crippen molar-refractivity contribution in [3.8, 4) is 11.4 Å². The normalized spacial score (nSPS) is 10.8. The number of rotatable bonds is 8. The Kier molecular flexibility index (Phi) is 7.72. The molecule has 1 heterocycles. The molecule has 0 saturated heterocycles. The zero-order valence-electron chi connectivity index (χ0n) is 20.2. The zero-order chi connectivity index (χ0) is 24.8. The van der Waals surface area contributed by atoms with Gasteiger partial charge in [-0.05, 0) is 86.4 Å². The van der Waals surface area contributed by atoms with E-state index in [0.29, 0.717) is 11.4 Å². The number of carbonyl (C=O) groups is 1. The highest BCUT2D eigenvalue weighted by atomic mass is 32.1. The van der Waals surface area contributed by atoms with Crippen molar-refractivity contribution in [1.29, 1.82) is 0 Å². The van der Waals surface area contributed by atoms with Crippen molar-refractivity contribution in [2.75, 3.05) is 11.9 Å². The van der Waals surface area contributed by atoms with E-state index < -0.39 is 0 Å². The Morgan fingerprint density at radius 2 is 1.77 bits per heavy atom. The minimum atomic E-state index is -0.336. The molecule has 3 aromatic carbocycles. The molecule has 2 N–H and O–H groups in total. The number of anilines is 1. The summed E-state index contributed by atoms with van der Waals surface area (Å²) in [4.78, 5) is 13.9. The average Bonchev–Trinajstić information content (AvgIpc) is 3.26. The lowest BCUT2D eigenvalue weighted by Crippen LogP contribution is -2.37. The standard InChI is InChI=1S/C27H29N5O2S/c1-4-5-6-20-8-11-22(12-9-20)32-30-23-13-10-21(16-24(23)31-32)28-27(35)29-26(33)17-34-25-14-7-18(2)15-19(25)3/h7-16H,4-6,17H2,1-3H3,(H2,28,29,33,35). The summed E-state index contributed by atoms with van der Waals surface area (Å²) in [5, 5.41) is 15.0. The monoisotopic (exact) mass is 487 g/mol. The first-order valence-electron chi connectivity index (χ1n) is 11.7. The van der Waals surface area contributed by atoms with Crippen molar-refractivity contribution in [3.05, 3.63) is 77.4 Å². The number of carbonyl (C=O) groups excluding carboxylic acids is 1. The van der Waals surface area contributed by atoms with Gasteiger partial charge in [-0.3, -0.25) is 10.1 Å². The van der Waals surface area contributed by atoms with Crippen LogP contribution in [0.25, 0.3) is 16.7 Å². The first-order valence-corrected chi connectivity index (χ1v) is 12.1. The maximum absolute atomic E-state index is 12.3. The van der Waals surface area contributed by atoms with Crippen LogP contribution in [0.4, 0.5) is 5.69 Å². The number of aromatic nitrogens is 3. The van der Waals surface area contributed by atoms with Gasteiger partial charge in [0.05, 0.1) is 5.69 Å². The lowest BCUT2D eigenvalue weighted by Gasteiger charge is -2.11. The van der Waals surface area contributed by atoms with Crippen LogP contribution in [0.1, 0.15) is 36.5 Å². The topological polar surface area (TPSA) is 81.1 Å². The summed E-state index contributed by atoms with van der Waals surface area (Å²) in [6.45, 7) is 6.02. The van der Waals surface area contributed by atoms with Gasteiger partial charge in [-0.15, -0.1) is 10.2 Å². The highest BCUT2D eigenvalue weighted by Gasteiger charge is 2.10. The number of hydrogen-bond acceptors (Lipinski definition) is 5. The molecule has 180 valence electrons. The minimum absolute atomic E-state index is 0.129. The van der Waals surface area contributed by atoms with Crippen LogP contribution in [-0.2, 0) is 11.2 Å². The molecule has 4 rings (SSSR count). The molecule has 0 aliphatic heterocycles. The van der Waals surface area contributed by atoms with Crippen LogP contribution in [-0.4, -0.2) is 32.6 Å². The molecule has 0 aliphatic carbocycles. The van der Waals surface area contributed by atoms with Gasteiger partial charge in [0, 0.05) is 5.69 Å². The zero-order valence-corrected chi connectivity index (χ0v) is 21.0. The number of amides is 1. The lowest BCUT2D eigenvalue weighted by atomic mass is 10.1. The van der Waals surface area contributed by atoms with Gasteiger partial charge >= 0.3 is 0 Å². The fraction of sp³-hybridized carbons (Fsp3) is 0.259. The summed E-state index contributed by atoms with van der Waals surface area (Å²) in [7, 11) is 0. The molecule has 0 bridgehead atoms. The van der Waals surface area contributed by atoms with E-state index in [9.17, 15) is 4.79 Å². The Balaban J connectivity index is 1.35. The number of fused-ring (bicyclic) bond motifs is 1. The molecule has 7 nitrogen and oxygen atoms in total. The second-order valence-electron chi connectivity index (χ2n) is 8.52. The fourth-order valence-corrected chi connectivity index (χ4v) is 3.95. The Morgan fingerprint density at radius 3 is 2.51 bits per heavy atom. The van der Waals surface area contributed by atoms with Crippen LogP contribution in [0.15, 0.2) is 60.7 Å². The van der Waals surface area contributed by atoms with Gasteiger partial charge in [0.2, 0.25) is 0 Å². The summed E-state index contributed by atoms with van der Waals surface area (Å²) in [5.74, 6) is 0.339. The molecule has 8 heteroatoms. The summed E-state index contributed by atoms with van der Waals surface area (Å²) >= 11 is 5.29. The molecule has 0 spiro atoms. The molecular formula is C27H29N5O2S. The number of nitrogens with one attached hydrogen (secondary N) is 2. The molecule has 35 heavy (non-hydrogen) atoms. The molecule has 0 unspecified atom stereocenters. The smallest absolute Gasteiger partial charge is 0.264 e. The third-order valence-corrected chi connectivity index (χ3v) is 5.77. The van der Waals surface area contributed by atoms with Gasteiger partial charge in [-0.2, -0.15) is 4.80 Å². The van der Waals surface area contributed by atoms with Crippen molar-refractivity contribution in [2.45, 2.75) is 40.0 Å². The van der Waals surface area contributed by atoms with Gasteiger partial charge in [0.1, 0.15) is 16.8 Å². The van der Waals surface area contributed by atoms with Crippen molar-refractivity contribution >= 4 is 40.0 Å². The van der Waals surface area contributed by atoms with Crippen molar-refractivity contribution in [3.63, 3.8) is 0 Å². The summed E-state index contributed by atoms with van der Waals surface area (Å²) in [6, 6.07) is 19.7. The number of unbranched alkanes of at least 4 members (excludes halogenated alkanes) is 1. The lowest BCUT2D eigenvalue weighted by molar-refractivity contribution is -0.121. The molecule has 1 aromatic heterocycles. The van der Waals surface area contributed by atoms with Gasteiger partial charge in [0.15, 0.2) is 11.7 Å². The van der Waals surface area contributed by atoms with Gasteiger partial charge in [-0.1, -0.05) is 43.2 Å². The molecular weight excluding hydrogens is 458 g/mol. The number of ether oxygens (including phenoxy) is 1. The highest BCUT2D eigenvalue weighted by Crippen LogP contribution is 2.19. The third kappa shape index (κ3) is 6.42. The molecule has 0 radical (unpaired) electrons. The predicted molar refractivity (Wildman–Crippen MR) is 143 cm³/mol. The number of nitrogens with zero attached hydrogens (tertiary/aromatic N) is 3. The maximum atomic E-state index is 12.3. The van der Waals surface area contributed by atoms with Crippen molar-refractivity contribution < 1.29 is 9.53 Å². The Hall–Kier alpha value is -3.78. The molecule has 1 amide bonds. The Labute approximate surface area is 210 Å². The average molecular weight is 488 g/mol. The van der Waals surface area contributed by atoms with Crippen LogP contribution in [0, 0.1) is 13.8 Å². The molecule has 4 aromatic rings. The predicted octanol–water partition coefficient (Wildman–Crippen LogP) is 5.27. The number of aryl methyl sites for hydroxylation is 3. The second kappa shape index (κ2) is 11.1.